The van der Waals surface area contributed by atoms with Crippen LogP contribution < -0.4 is 16.4 Å². The molecule has 2 fully saturated rings. The first kappa shape index (κ1) is 23.8. The quantitative estimate of drug-likeness (QED) is 0.382. The molecule has 0 bridgehead atoms. The Bertz CT molecular complexity index is 1030. The van der Waals surface area contributed by atoms with Gasteiger partial charge in [-0.05, 0) is 64.5 Å². The molecule has 9 heteroatoms. The third-order valence-electron chi connectivity index (χ3n) is 6.12. The standard InChI is InChI=1S/C19H23N5OS.C5H11NO/c1-3-20-19-21-11(2)16(17(24-19)22-12-8-9-13(25)10-12)18-23-14-6-4-5-7-15(14)26-18;6-4-1-2-5(7)3-4/h4-7,12-13,25H,3,8-10H2,1-2H3,(H2,20,21,22,24);4-5,7H,1-3,6H2/t12-,13-;4-,5-/m11/s1. The molecular weight excluding hydrogens is 436 g/mol. The summed E-state index contributed by atoms with van der Waals surface area (Å²) in [6.07, 6.45) is 4.91. The maximum Gasteiger partial charge on any atom is 0.224 e. The molecule has 8 nitrogen and oxygen atoms in total. The first-order valence-electron chi connectivity index (χ1n) is 11.8. The van der Waals surface area contributed by atoms with Crippen molar-refractivity contribution in [3.8, 4) is 10.6 Å². The monoisotopic (exact) mass is 470 g/mol. The van der Waals surface area contributed by atoms with E-state index in [4.69, 9.17) is 20.8 Å². The highest BCUT2D eigenvalue weighted by Gasteiger charge is 2.26. The Morgan fingerprint density at radius 3 is 2.39 bits per heavy atom. The van der Waals surface area contributed by atoms with Crippen LogP contribution in [0, 0.1) is 6.92 Å². The number of hydrogen-bond donors (Lipinski definition) is 5. The second-order valence-corrected chi connectivity index (χ2v) is 9.94. The number of aliphatic hydroxyl groups is 2. The summed E-state index contributed by atoms with van der Waals surface area (Å²) in [5.41, 5.74) is 8.31. The lowest BCUT2D eigenvalue weighted by molar-refractivity contribution is 0.181. The minimum absolute atomic E-state index is 0.102. The summed E-state index contributed by atoms with van der Waals surface area (Å²) >= 11 is 1.66. The van der Waals surface area contributed by atoms with Gasteiger partial charge in [0.2, 0.25) is 5.95 Å². The van der Waals surface area contributed by atoms with Gasteiger partial charge in [0.15, 0.2) is 0 Å². The number of benzene rings is 1. The number of hydrogen-bond acceptors (Lipinski definition) is 9. The highest BCUT2D eigenvalue weighted by Crippen LogP contribution is 2.37. The average molecular weight is 471 g/mol. The largest absolute Gasteiger partial charge is 0.393 e. The molecule has 6 N–H and O–H groups in total. The van der Waals surface area contributed by atoms with Gasteiger partial charge in [0.1, 0.15) is 10.8 Å². The van der Waals surface area contributed by atoms with E-state index in [1.54, 1.807) is 11.3 Å². The molecular formula is C24H34N6O2S. The summed E-state index contributed by atoms with van der Waals surface area (Å²) in [5, 5.41) is 26.3. The fourth-order valence-corrected chi connectivity index (χ4v) is 5.49. The van der Waals surface area contributed by atoms with E-state index in [1.807, 2.05) is 32.0 Å². The van der Waals surface area contributed by atoms with Gasteiger partial charge < -0.3 is 26.6 Å². The van der Waals surface area contributed by atoms with Crippen LogP contribution in [0.3, 0.4) is 0 Å². The zero-order valence-electron chi connectivity index (χ0n) is 19.3. The van der Waals surface area contributed by atoms with Gasteiger partial charge in [-0.25, -0.2) is 9.97 Å². The Kier molecular flexibility index (Phi) is 7.75. The molecule has 0 radical (unpaired) electrons. The summed E-state index contributed by atoms with van der Waals surface area (Å²) < 4.78 is 1.15. The van der Waals surface area contributed by atoms with Crippen LogP contribution in [-0.2, 0) is 0 Å². The van der Waals surface area contributed by atoms with Crippen LogP contribution in [0.2, 0.25) is 0 Å². The Morgan fingerprint density at radius 1 is 1.03 bits per heavy atom. The van der Waals surface area contributed by atoms with Crippen LogP contribution in [0.25, 0.3) is 20.8 Å². The number of para-hydroxylation sites is 1. The number of rotatable bonds is 5. The molecule has 2 aliphatic rings. The molecule has 0 amide bonds. The predicted octanol–water partition coefficient (Wildman–Crippen LogP) is 3.68. The van der Waals surface area contributed by atoms with E-state index < -0.39 is 0 Å². The number of anilines is 2. The van der Waals surface area contributed by atoms with Crippen LogP contribution in [0.5, 0.6) is 0 Å². The molecule has 0 spiro atoms. The topological polar surface area (TPSA) is 129 Å². The van der Waals surface area contributed by atoms with Crippen molar-refractivity contribution in [2.24, 2.45) is 5.73 Å². The normalized spacial score (nSPS) is 24.5. The Morgan fingerprint density at radius 2 is 1.79 bits per heavy atom. The van der Waals surface area contributed by atoms with E-state index >= 15 is 0 Å². The van der Waals surface area contributed by atoms with Crippen molar-refractivity contribution in [1.82, 2.24) is 15.0 Å². The lowest BCUT2D eigenvalue weighted by atomic mass is 10.2. The highest BCUT2D eigenvalue weighted by atomic mass is 32.1. The van der Waals surface area contributed by atoms with Gasteiger partial charge in [-0.3, -0.25) is 0 Å². The van der Waals surface area contributed by atoms with Gasteiger partial charge >= 0.3 is 0 Å². The van der Waals surface area contributed by atoms with Gasteiger partial charge in [0.25, 0.3) is 0 Å². The highest BCUT2D eigenvalue weighted by molar-refractivity contribution is 7.21. The Labute approximate surface area is 198 Å². The van der Waals surface area contributed by atoms with E-state index in [0.29, 0.717) is 5.95 Å². The van der Waals surface area contributed by atoms with Crippen molar-refractivity contribution >= 4 is 33.3 Å². The van der Waals surface area contributed by atoms with Crippen LogP contribution in [0.4, 0.5) is 11.8 Å². The van der Waals surface area contributed by atoms with Gasteiger partial charge in [0, 0.05) is 18.6 Å². The number of nitrogens with one attached hydrogen (secondary N) is 2. The summed E-state index contributed by atoms with van der Waals surface area (Å²) in [6.45, 7) is 4.79. The zero-order chi connectivity index (χ0) is 23.4. The van der Waals surface area contributed by atoms with Crippen molar-refractivity contribution in [2.45, 2.75) is 76.7 Å². The molecule has 0 unspecified atom stereocenters. The van der Waals surface area contributed by atoms with Crippen molar-refractivity contribution in [2.75, 3.05) is 17.2 Å². The van der Waals surface area contributed by atoms with Gasteiger partial charge in [-0.1, -0.05) is 12.1 Å². The maximum atomic E-state index is 9.86. The number of nitrogens with two attached hydrogens (primary N) is 1. The fraction of sp³-hybridized carbons (Fsp3) is 0.542. The SMILES string of the molecule is CCNc1nc(C)c(-c2nc3ccccc3s2)c(N[C@@H]2CC[C@@H](O)C2)n1.N[C@@H]1CC[C@@H](O)C1. The van der Waals surface area contributed by atoms with Crippen LogP contribution in [-0.4, -0.2) is 56.0 Å². The molecule has 33 heavy (non-hydrogen) atoms. The molecule has 1 aromatic carbocycles. The van der Waals surface area contributed by atoms with E-state index in [-0.39, 0.29) is 24.3 Å². The minimum Gasteiger partial charge on any atom is -0.393 e. The molecule has 2 aliphatic carbocycles. The second kappa shape index (κ2) is 10.7. The average Bonchev–Trinajstić information content (AvgIpc) is 3.48. The molecule has 0 aliphatic heterocycles. The Hall–Kier alpha value is -2.33. The summed E-state index contributed by atoms with van der Waals surface area (Å²) in [6, 6.07) is 8.64. The molecule has 3 aromatic rings. The van der Waals surface area contributed by atoms with Gasteiger partial charge in [-0.15, -0.1) is 11.3 Å². The molecule has 4 atom stereocenters. The number of fused-ring (bicyclic) bond motifs is 1. The van der Waals surface area contributed by atoms with Crippen LogP contribution in [0.15, 0.2) is 24.3 Å². The molecule has 0 saturated heterocycles. The van der Waals surface area contributed by atoms with E-state index in [0.717, 1.165) is 77.4 Å². The number of thiazole rings is 1. The fourth-order valence-electron chi connectivity index (χ4n) is 4.42. The van der Waals surface area contributed by atoms with Crippen molar-refractivity contribution in [3.63, 3.8) is 0 Å². The third-order valence-corrected chi connectivity index (χ3v) is 7.18. The van der Waals surface area contributed by atoms with Gasteiger partial charge in [0.05, 0.1) is 33.7 Å². The molecule has 2 saturated carbocycles. The number of aryl methyl sites for hydroxylation is 1. The first-order chi connectivity index (χ1) is 15.9. The Balaban J connectivity index is 0.000000318. The summed E-state index contributed by atoms with van der Waals surface area (Å²) in [4.78, 5) is 14.1. The lowest BCUT2D eigenvalue weighted by Crippen LogP contribution is -2.19. The minimum atomic E-state index is -0.227. The second-order valence-electron chi connectivity index (χ2n) is 8.91. The number of nitrogens with zero attached hydrogens (tertiary/aromatic N) is 3. The summed E-state index contributed by atoms with van der Waals surface area (Å²) in [5.74, 6) is 1.42. The maximum absolute atomic E-state index is 9.86. The smallest absolute Gasteiger partial charge is 0.224 e. The first-order valence-corrected chi connectivity index (χ1v) is 12.6. The lowest BCUT2D eigenvalue weighted by Gasteiger charge is -2.18. The van der Waals surface area contributed by atoms with Crippen LogP contribution >= 0.6 is 11.3 Å². The molecule has 5 rings (SSSR count). The predicted molar refractivity (Wildman–Crippen MR) is 135 cm³/mol. The number of aromatic nitrogens is 3. The van der Waals surface area contributed by atoms with Crippen molar-refractivity contribution < 1.29 is 10.2 Å². The number of aliphatic hydroxyl groups excluding tert-OH is 2. The van der Waals surface area contributed by atoms with E-state index in [1.165, 1.54) is 0 Å². The summed E-state index contributed by atoms with van der Waals surface area (Å²) in [7, 11) is 0. The third kappa shape index (κ3) is 5.97. The van der Waals surface area contributed by atoms with Crippen molar-refractivity contribution in [1.29, 1.82) is 0 Å². The zero-order valence-corrected chi connectivity index (χ0v) is 20.1. The molecule has 178 valence electrons. The van der Waals surface area contributed by atoms with E-state index in [9.17, 15) is 5.11 Å². The molecule has 2 aromatic heterocycles. The molecule has 2 heterocycles. The van der Waals surface area contributed by atoms with E-state index in [2.05, 4.69) is 21.7 Å². The van der Waals surface area contributed by atoms with Crippen LogP contribution in [0.1, 0.15) is 51.1 Å². The van der Waals surface area contributed by atoms with Gasteiger partial charge in [-0.2, -0.15) is 4.98 Å². The van der Waals surface area contributed by atoms with Crippen molar-refractivity contribution in [3.05, 3.63) is 30.0 Å².